The second-order valence-corrected chi connectivity index (χ2v) is 9.03. The molecule has 7 heteroatoms. The summed E-state index contributed by atoms with van der Waals surface area (Å²) in [6, 6.07) is 15.2. The minimum absolute atomic E-state index is 0.0962. The number of likely N-dealkylation sites (tertiary alicyclic amines) is 1. The highest BCUT2D eigenvalue weighted by atomic mass is 35.5. The van der Waals surface area contributed by atoms with E-state index in [1.165, 1.54) is 18.2 Å². The van der Waals surface area contributed by atoms with Crippen molar-refractivity contribution in [1.82, 2.24) is 14.5 Å². The number of fused-ring (bicyclic) bond motifs is 1. The van der Waals surface area contributed by atoms with Crippen LogP contribution in [-0.2, 0) is 11.3 Å². The van der Waals surface area contributed by atoms with Crippen LogP contribution in [0.15, 0.2) is 58.5 Å². The molecule has 5 nitrogen and oxygen atoms in total. The van der Waals surface area contributed by atoms with Crippen molar-refractivity contribution in [3.63, 3.8) is 0 Å². The molecule has 156 valence electrons. The molecular formula is C23H24ClN3O2S. The second kappa shape index (κ2) is 9.23. The van der Waals surface area contributed by atoms with Gasteiger partial charge in [0.25, 0.3) is 5.56 Å². The van der Waals surface area contributed by atoms with Crippen LogP contribution in [0.1, 0.15) is 31.7 Å². The molecule has 0 N–H and O–H groups in total. The van der Waals surface area contributed by atoms with Crippen LogP contribution < -0.4 is 5.56 Å². The third-order valence-corrected chi connectivity index (χ3v) is 6.71. The number of hydrogen-bond acceptors (Lipinski definition) is 4. The van der Waals surface area contributed by atoms with Crippen molar-refractivity contribution in [2.75, 3.05) is 12.3 Å². The highest BCUT2D eigenvalue weighted by Crippen LogP contribution is 2.23. The van der Waals surface area contributed by atoms with Crippen molar-refractivity contribution in [3.8, 4) is 0 Å². The summed E-state index contributed by atoms with van der Waals surface area (Å²) in [5.74, 6) is 0.358. The monoisotopic (exact) mass is 441 g/mol. The van der Waals surface area contributed by atoms with E-state index in [1.54, 1.807) is 22.8 Å². The van der Waals surface area contributed by atoms with Crippen LogP contribution in [0.5, 0.6) is 0 Å². The first-order valence-electron chi connectivity index (χ1n) is 10.2. The summed E-state index contributed by atoms with van der Waals surface area (Å²) in [6.45, 7) is 3.31. The van der Waals surface area contributed by atoms with E-state index in [0.717, 1.165) is 24.9 Å². The lowest BCUT2D eigenvalue weighted by atomic mass is 10.0. The van der Waals surface area contributed by atoms with Gasteiger partial charge in [-0.05, 0) is 49.9 Å². The Labute approximate surface area is 185 Å². The van der Waals surface area contributed by atoms with Crippen molar-refractivity contribution < 1.29 is 4.79 Å². The van der Waals surface area contributed by atoms with Crippen LogP contribution in [0, 0.1) is 0 Å². The Bertz CT molecular complexity index is 1120. The van der Waals surface area contributed by atoms with Crippen molar-refractivity contribution in [2.45, 2.75) is 43.9 Å². The van der Waals surface area contributed by atoms with E-state index < -0.39 is 0 Å². The third-order valence-electron chi connectivity index (χ3n) is 5.51. The summed E-state index contributed by atoms with van der Waals surface area (Å²) < 4.78 is 1.66. The highest BCUT2D eigenvalue weighted by molar-refractivity contribution is 7.99. The van der Waals surface area contributed by atoms with Gasteiger partial charge in [-0.1, -0.05) is 53.7 Å². The van der Waals surface area contributed by atoms with E-state index >= 15 is 0 Å². The third kappa shape index (κ3) is 4.55. The molecule has 0 saturated carbocycles. The number of benzene rings is 2. The molecule has 0 radical (unpaired) electrons. The number of amides is 1. The van der Waals surface area contributed by atoms with Crippen molar-refractivity contribution in [3.05, 3.63) is 69.5 Å². The van der Waals surface area contributed by atoms with E-state index in [2.05, 4.69) is 6.92 Å². The van der Waals surface area contributed by atoms with Gasteiger partial charge >= 0.3 is 0 Å². The first-order chi connectivity index (χ1) is 14.5. The molecule has 0 aliphatic carbocycles. The number of hydrogen-bond donors (Lipinski definition) is 0. The molecule has 0 spiro atoms. The zero-order valence-electron chi connectivity index (χ0n) is 16.9. The van der Waals surface area contributed by atoms with Crippen LogP contribution in [0.4, 0.5) is 0 Å². The summed E-state index contributed by atoms with van der Waals surface area (Å²) in [6.07, 6.45) is 3.26. The first kappa shape index (κ1) is 20.9. The molecule has 1 fully saturated rings. The van der Waals surface area contributed by atoms with Crippen LogP contribution in [0.2, 0.25) is 5.02 Å². The van der Waals surface area contributed by atoms with Crippen molar-refractivity contribution in [2.24, 2.45) is 0 Å². The quantitative estimate of drug-likeness (QED) is 0.429. The van der Waals surface area contributed by atoms with Crippen molar-refractivity contribution in [1.29, 1.82) is 0 Å². The molecule has 1 aromatic heterocycles. The fourth-order valence-corrected chi connectivity index (χ4v) is 4.92. The van der Waals surface area contributed by atoms with Gasteiger partial charge in [0.1, 0.15) is 0 Å². The molecule has 1 aliphatic heterocycles. The number of nitrogens with zero attached hydrogens (tertiary/aromatic N) is 3. The van der Waals surface area contributed by atoms with Crippen LogP contribution >= 0.6 is 23.4 Å². The molecule has 1 aliphatic rings. The number of carbonyl (C=O) groups is 1. The standard InChI is InChI=1S/C23H24ClN3O2S/c1-16-7-5-6-12-26(16)21(28)15-30-23-25-20-13-18(24)10-11-19(20)22(29)27(23)14-17-8-3-2-4-9-17/h2-4,8-11,13,16H,5-7,12,14-15H2,1H3/t16-/m1/s1. The molecule has 0 unspecified atom stereocenters. The normalized spacial score (nSPS) is 16.7. The fraction of sp³-hybridized carbons (Fsp3) is 0.348. The number of aromatic nitrogens is 2. The molecular weight excluding hydrogens is 418 g/mol. The highest BCUT2D eigenvalue weighted by Gasteiger charge is 2.24. The zero-order valence-corrected chi connectivity index (χ0v) is 18.5. The second-order valence-electron chi connectivity index (χ2n) is 7.65. The minimum Gasteiger partial charge on any atom is -0.339 e. The lowest BCUT2D eigenvalue weighted by Crippen LogP contribution is -2.43. The summed E-state index contributed by atoms with van der Waals surface area (Å²) >= 11 is 7.44. The summed E-state index contributed by atoms with van der Waals surface area (Å²) in [4.78, 5) is 32.7. The largest absolute Gasteiger partial charge is 0.339 e. The van der Waals surface area contributed by atoms with Gasteiger partial charge in [-0.3, -0.25) is 14.2 Å². The molecule has 2 heterocycles. The SMILES string of the molecule is C[C@@H]1CCCCN1C(=O)CSc1nc2cc(Cl)ccc2c(=O)n1Cc1ccccc1. The Morgan fingerprint density at radius 3 is 2.77 bits per heavy atom. The van der Waals surface area contributed by atoms with Crippen LogP contribution in [0.3, 0.4) is 0 Å². The maximum Gasteiger partial charge on any atom is 0.262 e. The lowest BCUT2D eigenvalue weighted by molar-refractivity contribution is -0.131. The Morgan fingerprint density at radius 1 is 1.20 bits per heavy atom. The fourth-order valence-electron chi connectivity index (χ4n) is 3.87. The zero-order chi connectivity index (χ0) is 21.1. The number of halogens is 1. The van der Waals surface area contributed by atoms with Gasteiger partial charge < -0.3 is 4.90 Å². The smallest absolute Gasteiger partial charge is 0.262 e. The average Bonchev–Trinajstić information content (AvgIpc) is 2.75. The maximum atomic E-state index is 13.2. The predicted octanol–water partition coefficient (Wildman–Crippen LogP) is 4.59. The van der Waals surface area contributed by atoms with E-state index in [9.17, 15) is 9.59 Å². The van der Waals surface area contributed by atoms with Gasteiger partial charge in [-0.15, -0.1) is 0 Å². The summed E-state index contributed by atoms with van der Waals surface area (Å²) in [5.41, 5.74) is 1.44. The number of rotatable bonds is 5. The Balaban J connectivity index is 1.66. The van der Waals surface area contributed by atoms with Gasteiger partial charge in [0.05, 0.1) is 23.2 Å². The topological polar surface area (TPSA) is 55.2 Å². The van der Waals surface area contributed by atoms with Gasteiger partial charge in [-0.25, -0.2) is 4.98 Å². The van der Waals surface area contributed by atoms with Gasteiger partial charge in [-0.2, -0.15) is 0 Å². The molecule has 1 atom stereocenters. The number of carbonyl (C=O) groups excluding carboxylic acids is 1. The van der Waals surface area contributed by atoms with Gasteiger partial charge in [0.15, 0.2) is 5.16 Å². The van der Waals surface area contributed by atoms with Crippen LogP contribution in [-0.4, -0.2) is 38.7 Å². The molecule has 4 rings (SSSR count). The van der Waals surface area contributed by atoms with Gasteiger partial charge in [0, 0.05) is 17.6 Å². The number of piperidine rings is 1. The molecule has 1 amide bonds. The number of thioether (sulfide) groups is 1. The first-order valence-corrected chi connectivity index (χ1v) is 11.6. The minimum atomic E-state index is -0.123. The Morgan fingerprint density at radius 2 is 2.00 bits per heavy atom. The van der Waals surface area contributed by atoms with Gasteiger partial charge in [0.2, 0.25) is 5.91 Å². The summed E-state index contributed by atoms with van der Waals surface area (Å²) in [7, 11) is 0. The average molecular weight is 442 g/mol. The molecule has 1 saturated heterocycles. The molecule has 30 heavy (non-hydrogen) atoms. The van der Waals surface area contributed by atoms with Crippen molar-refractivity contribution >= 4 is 40.2 Å². The maximum absolute atomic E-state index is 13.2. The van der Waals surface area contributed by atoms with E-state index in [0.29, 0.717) is 27.6 Å². The molecule has 2 aromatic carbocycles. The van der Waals surface area contributed by atoms with E-state index in [4.69, 9.17) is 16.6 Å². The summed E-state index contributed by atoms with van der Waals surface area (Å²) in [5, 5.41) is 1.59. The lowest BCUT2D eigenvalue weighted by Gasteiger charge is -2.33. The van der Waals surface area contributed by atoms with Crippen LogP contribution in [0.25, 0.3) is 10.9 Å². The Kier molecular flexibility index (Phi) is 6.44. The molecule has 3 aromatic rings. The van der Waals surface area contributed by atoms with E-state index in [1.807, 2.05) is 35.2 Å². The predicted molar refractivity (Wildman–Crippen MR) is 122 cm³/mol. The molecule has 0 bridgehead atoms. The Hall–Kier alpha value is -2.31. The van der Waals surface area contributed by atoms with E-state index in [-0.39, 0.29) is 23.3 Å².